The van der Waals surface area contributed by atoms with Gasteiger partial charge in [-0.05, 0) is 49.6 Å². The van der Waals surface area contributed by atoms with E-state index in [1.54, 1.807) is 44.2 Å². The van der Waals surface area contributed by atoms with Crippen LogP contribution in [-0.2, 0) is 33.3 Å². The van der Waals surface area contributed by atoms with Gasteiger partial charge in [-0.1, -0.05) is 30.3 Å². The number of carboxylic acids is 1. The Kier molecular flexibility index (Phi) is 9.07. The highest BCUT2D eigenvalue weighted by Crippen LogP contribution is 2.29. The topological polar surface area (TPSA) is 84.9 Å². The molecule has 2 aromatic carbocycles. The van der Waals surface area contributed by atoms with Crippen LogP contribution in [0.5, 0.6) is 5.75 Å². The molecule has 0 aromatic heterocycles. The van der Waals surface area contributed by atoms with Crippen LogP contribution in [0.15, 0.2) is 48.5 Å². The summed E-state index contributed by atoms with van der Waals surface area (Å²) in [6, 6.07) is 11.6. The van der Waals surface area contributed by atoms with E-state index in [1.807, 2.05) is 0 Å². The van der Waals surface area contributed by atoms with Crippen LogP contribution in [-0.4, -0.2) is 42.3 Å². The zero-order chi connectivity index (χ0) is 23.7. The molecule has 2 rings (SSSR count). The third-order valence-corrected chi connectivity index (χ3v) is 4.64. The van der Waals surface area contributed by atoms with Crippen molar-refractivity contribution in [2.75, 3.05) is 13.2 Å². The average molecular weight is 453 g/mol. The number of hydrogen-bond donors (Lipinski definition) is 2. The lowest BCUT2D eigenvalue weighted by Crippen LogP contribution is -2.37. The molecular weight excluding hydrogens is 427 g/mol. The maximum absolute atomic E-state index is 12.8. The third kappa shape index (κ3) is 7.88. The Morgan fingerprint density at radius 1 is 1.09 bits per heavy atom. The van der Waals surface area contributed by atoms with Crippen LogP contribution >= 0.6 is 0 Å². The second kappa shape index (κ2) is 11.5. The highest BCUT2D eigenvalue weighted by atomic mass is 19.4. The highest BCUT2D eigenvalue weighted by Gasteiger charge is 2.30. The maximum Gasteiger partial charge on any atom is 0.416 e. The van der Waals surface area contributed by atoms with Crippen LogP contribution in [0.2, 0.25) is 0 Å². The van der Waals surface area contributed by atoms with Crippen LogP contribution in [0, 0.1) is 0 Å². The summed E-state index contributed by atoms with van der Waals surface area (Å²) in [7, 11) is 0. The van der Waals surface area contributed by atoms with Crippen molar-refractivity contribution in [1.29, 1.82) is 0 Å². The van der Waals surface area contributed by atoms with Gasteiger partial charge in [0, 0.05) is 19.6 Å². The van der Waals surface area contributed by atoms with Gasteiger partial charge < -0.3 is 19.9 Å². The number of hydrogen-bond acceptors (Lipinski definition) is 4. The molecule has 0 fully saturated rings. The number of carbonyl (C=O) groups excluding carboxylic acids is 1. The molecule has 32 heavy (non-hydrogen) atoms. The fourth-order valence-corrected chi connectivity index (χ4v) is 2.97. The second-order valence-electron chi connectivity index (χ2n) is 7.13. The molecule has 0 aliphatic heterocycles. The summed E-state index contributed by atoms with van der Waals surface area (Å²) in [6.07, 6.45) is -5.71. The number of ether oxygens (including phenoxy) is 2. The molecule has 1 amide bonds. The monoisotopic (exact) mass is 453 g/mol. The van der Waals surface area contributed by atoms with E-state index in [2.05, 4.69) is 5.32 Å². The van der Waals surface area contributed by atoms with Crippen LogP contribution in [0.1, 0.15) is 30.5 Å². The number of aliphatic carboxylic acids is 1. The van der Waals surface area contributed by atoms with Gasteiger partial charge in [0.15, 0.2) is 12.2 Å². The molecule has 174 valence electrons. The summed E-state index contributed by atoms with van der Waals surface area (Å²) >= 11 is 0. The molecular formula is C23H26F3NO5. The Morgan fingerprint density at radius 2 is 1.78 bits per heavy atom. The van der Waals surface area contributed by atoms with E-state index < -0.39 is 35.8 Å². The van der Waals surface area contributed by atoms with Gasteiger partial charge in [-0.15, -0.1) is 0 Å². The predicted molar refractivity (Wildman–Crippen MR) is 111 cm³/mol. The van der Waals surface area contributed by atoms with Crippen LogP contribution in [0.4, 0.5) is 13.2 Å². The second-order valence-corrected chi connectivity index (χ2v) is 7.13. The zero-order valence-electron chi connectivity index (χ0n) is 17.8. The molecule has 0 aliphatic carbocycles. The minimum absolute atomic E-state index is 0.167. The molecule has 0 saturated carbocycles. The summed E-state index contributed by atoms with van der Waals surface area (Å²) in [6.45, 7) is 3.74. The first-order chi connectivity index (χ1) is 15.1. The van der Waals surface area contributed by atoms with Crippen molar-refractivity contribution in [3.05, 3.63) is 65.2 Å². The van der Waals surface area contributed by atoms with Crippen molar-refractivity contribution >= 4 is 11.9 Å². The molecule has 0 bridgehead atoms. The summed E-state index contributed by atoms with van der Waals surface area (Å²) in [5.74, 6) is -1.01. The van der Waals surface area contributed by atoms with Crippen molar-refractivity contribution in [3.63, 3.8) is 0 Å². The van der Waals surface area contributed by atoms with Gasteiger partial charge in [0.1, 0.15) is 5.75 Å². The number of benzene rings is 2. The number of carbonyl (C=O) groups is 2. The fraction of sp³-hybridized carbons (Fsp3) is 0.391. The molecule has 2 aromatic rings. The molecule has 2 atom stereocenters. The SMILES string of the molecule is CCO[C@@H](Cc1ccc(O[C@H](C)C(=O)NCCc2cccc(C(F)(F)F)c2)cc1)C(=O)O. The largest absolute Gasteiger partial charge is 0.481 e. The van der Waals surface area contributed by atoms with E-state index in [1.165, 1.54) is 6.07 Å². The minimum atomic E-state index is -4.41. The van der Waals surface area contributed by atoms with E-state index in [0.29, 0.717) is 17.9 Å². The Labute approximate surface area is 184 Å². The quantitative estimate of drug-likeness (QED) is 0.540. The average Bonchev–Trinajstić information content (AvgIpc) is 2.74. The minimum Gasteiger partial charge on any atom is -0.481 e. The van der Waals surface area contributed by atoms with E-state index in [0.717, 1.165) is 17.7 Å². The normalized spacial score (nSPS) is 13.3. The summed E-state index contributed by atoms with van der Waals surface area (Å²) in [5.41, 5.74) is 0.491. The number of alkyl halides is 3. The molecule has 0 heterocycles. The Balaban J connectivity index is 1.83. The number of carboxylic acid groups (broad SMARTS) is 1. The van der Waals surface area contributed by atoms with E-state index in [-0.39, 0.29) is 19.4 Å². The van der Waals surface area contributed by atoms with Crippen molar-refractivity contribution in [2.45, 2.75) is 45.1 Å². The van der Waals surface area contributed by atoms with Crippen molar-refractivity contribution in [1.82, 2.24) is 5.32 Å². The Bertz CT molecular complexity index is 899. The van der Waals surface area contributed by atoms with Crippen LogP contribution < -0.4 is 10.1 Å². The summed E-state index contributed by atoms with van der Waals surface area (Å²) in [4.78, 5) is 23.4. The molecule has 0 aliphatic rings. The zero-order valence-corrected chi connectivity index (χ0v) is 17.8. The molecule has 0 spiro atoms. The van der Waals surface area contributed by atoms with Crippen LogP contribution in [0.25, 0.3) is 0 Å². The lowest BCUT2D eigenvalue weighted by Gasteiger charge is -2.16. The molecule has 0 unspecified atom stereocenters. The number of rotatable bonds is 11. The predicted octanol–water partition coefficient (Wildman–Crippen LogP) is 3.86. The van der Waals surface area contributed by atoms with Gasteiger partial charge in [-0.25, -0.2) is 4.79 Å². The van der Waals surface area contributed by atoms with E-state index >= 15 is 0 Å². The maximum atomic E-state index is 12.8. The molecule has 2 N–H and O–H groups in total. The molecule has 6 nitrogen and oxygen atoms in total. The van der Waals surface area contributed by atoms with E-state index in [4.69, 9.17) is 14.6 Å². The molecule has 0 saturated heterocycles. The first kappa shape index (κ1) is 25.2. The van der Waals surface area contributed by atoms with Crippen molar-refractivity contribution in [3.8, 4) is 5.75 Å². The smallest absolute Gasteiger partial charge is 0.416 e. The Morgan fingerprint density at radius 3 is 2.38 bits per heavy atom. The van der Waals surface area contributed by atoms with Crippen LogP contribution in [0.3, 0.4) is 0 Å². The van der Waals surface area contributed by atoms with Gasteiger partial charge in [0.25, 0.3) is 5.91 Å². The lowest BCUT2D eigenvalue weighted by atomic mass is 10.1. The van der Waals surface area contributed by atoms with Crippen molar-refractivity contribution < 1.29 is 37.3 Å². The lowest BCUT2D eigenvalue weighted by molar-refractivity contribution is -0.150. The number of nitrogens with one attached hydrogen (secondary N) is 1. The van der Waals surface area contributed by atoms with Gasteiger partial charge in [-0.2, -0.15) is 13.2 Å². The third-order valence-electron chi connectivity index (χ3n) is 4.64. The Hall–Kier alpha value is -3.07. The molecule has 9 heteroatoms. The van der Waals surface area contributed by atoms with E-state index in [9.17, 15) is 22.8 Å². The first-order valence-electron chi connectivity index (χ1n) is 10.1. The molecule has 0 radical (unpaired) electrons. The first-order valence-corrected chi connectivity index (χ1v) is 10.1. The standard InChI is InChI=1S/C23H26F3NO5/c1-3-31-20(22(29)30)14-17-7-9-19(10-8-17)32-15(2)21(28)27-12-11-16-5-4-6-18(13-16)23(24,25)26/h4-10,13,15,20H,3,11-12,14H2,1-2H3,(H,27,28)(H,29,30)/t15-,20+/m1/s1. The highest BCUT2D eigenvalue weighted by molar-refractivity contribution is 5.80. The fourth-order valence-electron chi connectivity index (χ4n) is 2.97. The number of halogens is 3. The summed E-state index contributed by atoms with van der Waals surface area (Å²) < 4.78 is 49.1. The van der Waals surface area contributed by atoms with Gasteiger partial charge in [0.05, 0.1) is 5.56 Å². The van der Waals surface area contributed by atoms with Crippen molar-refractivity contribution in [2.24, 2.45) is 0 Å². The van der Waals surface area contributed by atoms with Gasteiger partial charge >= 0.3 is 12.1 Å². The number of amides is 1. The van der Waals surface area contributed by atoms with Gasteiger partial charge in [0.2, 0.25) is 0 Å². The summed E-state index contributed by atoms with van der Waals surface area (Å²) in [5, 5.41) is 11.8. The van der Waals surface area contributed by atoms with Gasteiger partial charge in [-0.3, -0.25) is 4.79 Å².